The maximum atomic E-state index is 11.9. The molecule has 0 radical (unpaired) electrons. The monoisotopic (exact) mass is 198 g/mol. The molecule has 1 atom stereocenters. The molecule has 14 heavy (non-hydrogen) atoms. The van der Waals surface area contributed by atoms with Crippen molar-refractivity contribution in [2.75, 3.05) is 32.8 Å². The number of nitrogens with zero attached hydrogens (tertiary/aromatic N) is 1. The van der Waals surface area contributed by atoms with Crippen LogP contribution in [0.25, 0.3) is 0 Å². The maximum absolute atomic E-state index is 11.9. The molecule has 2 fully saturated rings. The van der Waals surface area contributed by atoms with Crippen LogP contribution in [-0.4, -0.2) is 49.7 Å². The summed E-state index contributed by atoms with van der Waals surface area (Å²) in [5.74, 6) is 0.538. The molecule has 0 aromatic carbocycles. The molecule has 4 heteroatoms. The van der Waals surface area contributed by atoms with E-state index >= 15 is 0 Å². The lowest BCUT2D eigenvalue weighted by Crippen LogP contribution is -2.55. The molecule has 4 nitrogen and oxygen atoms in total. The number of carbonyl (C=O) groups is 1. The van der Waals surface area contributed by atoms with Crippen molar-refractivity contribution in [2.24, 2.45) is 5.92 Å². The molecule has 1 amide bonds. The molecule has 0 aromatic rings. The van der Waals surface area contributed by atoms with Gasteiger partial charge in [0.25, 0.3) is 0 Å². The van der Waals surface area contributed by atoms with E-state index < -0.39 is 0 Å². The minimum atomic E-state index is 0.227. The summed E-state index contributed by atoms with van der Waals surface area (Å²) in [6.45, 7) is 6.06. The van der Waals surface area contributed by atoms with Crippen molar-refractivity contribution >= 4 is 5.91 Å². The Morgan fingerprint density at radius 3 is 2.93 bits per heavy atom. The van der Waals surface area contributed by atoms with E-state index in [1.807, 2.05) is 4.90 Å². The van der Waals surface area contributed by atoms with Gasteiger partial charge in [-0.1, -0.05) is 6.92 Å². The summed E-state index contributed by atoms with van der Waals surface area (Å²) in [5, 5.41) is 3.13. The SMILES string of the molecule is CCC1CN(C(=O)C2CNC2)CCO1. The molecule has 2 aliphatic heterocycles. The molecule has 0 bridgehead atoms. The highest BCUT2D eigenvalue weighted by Gasteiger charge is 2.31. The van der Waals surface area contributed by atoms with E-state index in [9.17, 15) is 4.79 Å². The molecule has 1 N–H and O–H groups in total. The molecule has 2 saturated heterocycles. The number of hydrogen-bond donors (Lipinski definition) is 1. The molecule has 0 saturated carbocycles. The van der Waals surface area contributed by atoms with Gasteiger partial charge in [-0.3, -0.25) is 4.79 Å². The summed E-state index contributed by atoms with van der Waals surface area (Å²) < 4.78 is 5.53. The standard InChI is InChI=1S/C10H18N2O2/c1-2-9-7-12(3-4-14-9)10(13)8-5-11-6-8/h8-9,11H,2-7H2,1H3. The second-order valence-corrected chi connectivity index (χ2v) is 4.04. The highest BCUT2D eigenvalue weighted by molar-refractivity contribution is 5.80. The number of nitrogens with one attached hydrogen (secondary N) is 1. The van der Waals surface area contributed by atoms with E-state index in [4.69, 9.17) is 4.74 Å². The minimum Gasteiger partial charge on any atom is -0.375 e. The van der Waals surface area contributed by atoms with Crippen LogP contribution < -0.4 is 5.32 Å². The fourth-order valence-corrected chi connectivity index (χ4v) is 1.89. The van der Waals surface area contributed by atoms with Crippen molar-refractivity contribution in [1.82, 2.24) is 10.2 Å². The summed E-state index contributed by atoms with van der Waals surface area (Å²) in [4.78, 5) is 13.8. The van der Waals surface area contributed by atoms with Crippen molar-refractivity contribution in [3.05, 3.63) is 0 Å². The lowest BCUT2D eigenvalue weighted by molar-refractivity contribution is -0.144. The number of hydrogen-bond acceptors (Lipinski definition) is 3. The van der Waals surface area contributed by atoms with Gasteiger partial charge in [0.15, 0.2) is 0 Å². The molecule has 80 valence electrons. The fraction of sp³-hybridized carbons (Fsp3) is 0.900. The van der Waals surface area contributed by atoms with Crippen LogP contribution in [0.3, 0.4) is 0 Å². The van der Waals surface area contributed by atoms with Crippen molar-refractivity contribution in [1.29, 1.82) is 0 Å². The van der Waals surface area contributed by atoms with Crippen LogP contribution in [-0.2, 0) is 9.53 Å². The largest absolute Gasteiger partial charge is 0.375 e. The molecular formula is C10H18N2O2. The molecule has 2 rings (SSSR count). The Labute approximate surface area is 84.6 Å². The Kier molecular flexibility index (Phi) is 3.03. The molecule has 1 unspecified atom stereocenters. The number of carbonyl (C=O) groups excluding carboxylic acids is 1. The molecule has 0 aromatic heterocycles. The van der Waals surface area contributed by atoms with Gasteiger partial charge >= 0.3 is 0 Å². The van der Waals surface area contributed by atoms with Crippen LogP contribution in [0.4, 0.5) is 0 Å². The Balaban J connectivity index is 1.86. The van der Waals surface area contributed by atoms with E-state index in [2.05, 4.69) is 12.2 Å². The Morgan fingerprint density at radius 2 is 2.36 bits per heavy atom. The van der Waals surface area contributed by atoms with Crippen LogP contribution in [0.2, 0.25) is 0 Å². The molecule has 0 spiro atoms. The number of ether oxygens (including phenoxy) is 1. The van der Waals surface area contributed by atoms with Gasteiger partial charge in [0.2, 0.25) is 5.91 Å². The average molecular weight is 198 g/mol. The lowest BCUT2D eigenvalue weighted by Gasteiger charge is -2.37. The van der Waals surface area contributed by atoms with Gasteiger partial charge in [0.1, 0.15) is 0 Å². The number of rotatable bonds is 2. The van der Waals surface area contributed by atoms with Crippen molar-refractivity contribution in [3.63, 3.8) is 0 Å². The summed E-state index contributed by atoms with van der Waals surface area (Å²) in [6, 6.07) is 0. The van der Waals surface area contributed by atoms with Crippen LogP contribution >= 0.6 is 0 Å². The third-order valence-corrected chi connectivity index (χ3v) is 3.04. The third-order valence-electron chi connectivity index (χ3n) is 3.04. The minimum absolute atomic E-state index is 0.227. The van der Waals surface area contributed by atoms with Crippen molar-refractivity contribution in [3.8, 4) is 0 Å². The van der Waals surface area contributed by atoms with Gasteiger partial charge in [-0.15, -0.1) is 0 Å². The first-order valence-electron chi connectivity index (χ1n) is 5.42. The Bertz CT molecular complexity index is 216. The van der Waals surface area contributed by atoms with Gasteiger partial charge in [-0.05, 0) is 6.42 Å². The zero-order chi connectivity index (χ0) is 9.97. The van der Waals surface area contributed by atoms with Gasteiger partial charge < -0.3 is 15.0 Å². The highest BCUT2D eigenvalue weighted by Crippen LogP contribution is 2.13. The zero-order valence-electron chi connectivity index (χ0n) is 8.66. The van der Waals surface area contributed by atoms with Gasteiger partial charge in [0.05, 0.1) is 18.6 Å². The van der Waals surface area contributed by atoms with Crippen LogP contribution in [0.5, 0.6) is 0 Å². The third kappa shape index (κ3) is 1.91. The predicted molar refractivity (Wildman–Crippen MR) is 53.0 cm³/mol. The smallest absolute Gasteiger partial charge is 0.228 e. The first kappa shape index (κ1) is 9.93. The topological polar surface area (TPSA) is 41.6 Å². The van der Waals surface area contributed by atoms with Gasteiger partial charge in [-0.25, -0.2) is 0 Å². The van der Waals surface area contributed by atoms with E-state index in [0.717, 1.165) is 32.6 Å². The summed E-state index contributed by atoms with van der Waals surface area (Å²) in [6.07, 6.45) is 1.24. The molecule has 2 aliphatic rings. The number of morpholine rings is 1. The summed E-state index contributed by atoms with van der Waals surface area (Å²) >= 11 is 0. The van der Waals surface area contributed by atoms with Gasteiger partial charge in [0, 0.05) is 26.2 Å². The second-order valence-electron chi connectivity index (χ2n) is 4.04. The first-order valence-corrected chi connectivity index (χ1v) is 5.42. The fourth-order valence-electron chi connectivity index (χ4n) is 1.89. The lowest BCUT2D eigenvalue weighted by atomic mass is 10.0. The Hall–Kier alpha value is -0.610. The van der Waals surface area contributed by atoms with E-state index in [1.165, 1.54) is 0 Å². The second kappa shape index (κ2) is 4.28. The Morgan fingerprint density at radius 1 is 1.57 bits per heavy atom. The van der Waals surface area contributed by atoms with E-state index in [-0.39, 0.29) is 12.0 Å². The van der Waals surface area contributed by atoms with E-state index in [1.54, 1.807) is 0 Å². The number of amides is 1. The maximum Gasteiger partial charge on any atom is 0.228 e. The first-order chi connectivity index (χ1) is 6.81. The van der Waals surface area contributed by atoms with Gasteiger partial charge in [-0.2, -0.15) is 0 Å². The van der Waals surface area contributed by atoms with Crippen LogP contribution in [0, 0.1) is 5.92 Å². The summed E-state index contributed by atoms with van der Waals surface area (Å²) in [7, 11) is 0. The normalized spacial score (nSPS) is 28.6. The van der Waals surface area contributed by atoms with Crippen molar-refractivity contribution < 1.29 is 9.53 Å². The van der Waals surface area contributed by atoms with E-state index in [0.29, 0.717) is 12.5 Å². The quantitative estimate of drug-likeness (QED) is 0.670. The zero-order valence-corrected chi connectivity index (χ0v) is 8.66. The molecule has 2 heterocycles. The summed E-state index contributed by atoms with van der Waals surface area (Å²) in [5.41, 5.74) is 0. The van der Waals surface area contributed by atoms with Crippen LogP contribution in [0.1, 0.15) is 13.3 Å². The predicted octanol–water partition coefficient (Wildman–Crippen LogP) is -0.157. The van der Waals surface area contributed by atoms with Crippen molar-refractivity contribution in [2.45, 2.75) is 19.4 Å². The average Bonchev–Trinajstić information content (AvgIpc) is 2.15. The highest BCUT2D eigenvalue weighted by atomic mass is 16.5. The van der Waals surface area contributed by atoms with Crippen LogP contribution in [0.15, 0.2) is 0 Å². The molecule has 0 aliphatic carbocycles. The molecular weight excluding hydrogens is 180 g/mol.